The van der Waals surface area contributed by atoms with E-state index in [2.05, 4.69) is 70.4 Å². The minimum Gasteiger partial charge on any atom is -0.311 e. The molecule has 0 aromatic heterocycles. The normalized spacial score (nSPS) is 13.7. The van der Waals surface area contributed by atoms with Gasteiger partial charge in [-0.25, -0.2) is 0 Å². The van der Waals surface area contributed by atoms with Gasteiger partial charge >= 0.3 is 0 Å². The SMILES string of the molecule is Cc1ccc(C(C)NCCNC(C)(C)C)c(C)c1. The summed E-state index contributed by atoms with van der Waals surface area (Å²) in [7, 11) is 0. The highest BCUT2D eigenvalue weighted by Crippen LogP contribution is 2.18. The summed E-state index contributed by atoms with van der Waals surface area (Å²) in [6.07, 6.45) is 0. The van der Waals surface area contributed by atoms with Crippen molar-refractivity contribution in [1.29, 1.82) is 0 Å². The molecule has 1 unspecified atom stereocenters. The van der Waals surface area contributed by atoms with Gasteiger partial charge in [0.15, 0.2) is 0 Å². The molecule has 1 aromatic carbocycles. The van der Waals surface area contributed by atoms with Crippen molar-refractivity contribution < 1.29 is 0 Å². The number of hydrogen-bond donors (Lipinski definition) is 2. The molecule has 1 aromatic rings. The van der Waals surface area contributed by atoms with Crippen LogP contribution in [0.1, 0.15) is 50.4 Å². The predicted molar refractivity (Wildman–Crippen MR) is 80.1 cm³/mol. The quantitative estimate of drug-likeness (QED) is 0.781. The van der Waals surface area contributed by atoms with E-state index in [9.17, 15) is 0 Å². The maximum atomic E-state index is 3.57. The number of benzene rings is 1. The summed E-state index contributed by atoms with van der Waals surface area (Å²) in [5.74, 6) is 0. The fraction of sp³-hybridized carbons (Fsp3) is 0.625. The molecule has 2 heteroatoms. The van der Waals surface area contributed by atoms with E-state index < -0.39 is 0 Å². The molecule has 0 aliphatic carbocycles. The highest BCUT2D eigenvalue weighted by atomic mass is 15.0. The second-order valence-corrected chi connectivity index (χ2v) is 6.21. The molecule has 18 heavy (non-hydrogen) atoms. The van der Waals surface area contributed by atoms with Crippen molar-refractivity contribution in [2.24, 2.45) is 0 Å². The van der Waals surface area contributed by atoms with Gasteiger partial charge in [-0.2, -0.15) is 0 Å². The molecule has 0 amide bonds. The van der Waals surface area contributed by atoms with Gasteiger partial charge in [-0.3, -0.25) is 0 Å². The number of nitrogens with one attached hydrogen (secondary N) is 2. The molecule has 0 spiro atoms. The van der Waals surface area contributed by atoms with Crippen LogP contribution in [0.2, 0.25) is 0 Å². The third-order valence-electron chi connectivity index (χ3n) is 3.12. The minimum absolute atomic E-state index is 0.199. The van der Waals surface area contributed by atoms with Gasteiger partial charge in [-0.1, -0.05) is 23.8 Å². The van der Waals surface area contributed by atoms with E-state index in [0.29, 0.717) is 6.04 Å². The molecule has 1 atom stereocenters. The Morgan fingerprint density at radius 3 is 2.33 bits per heavy atom. The largest absolute Gasteiger partial charge is 0.311 e. The first-order valence-electron chi connectivity index (χ1n) is 6.85. The highest BCUT2D eigenvalue weighted by Gasteiger charge is 2.10. The topological polar surface area (TPSA) is 24.1 Å². The summed E-state index contributed by atoms with van der Waals surface area (Å²) >= 11 is 0. The fourth-order valence-corrected chi connectivity index (χ4v) is 2.15. The van der Waals surface area contributed by atoms with Crippen LogP contribution in [0.25, 0.3) is 0 Å². The molecule has 0 heterocycles. The van der Waals surface area contributed by atoms with Gasteiger partial charge in [0.2, 0.25) is 0 Å². The van der Waals surface area contributed by atoms with E-state index in [4.69, 9.17) is 0 Å². The standard InChI is InChI=1S/C16H28N2/c1-12-7-8-15(13(2)11-12)14(3)17-9-10-18-16(4,5)6/h7-8,11,14,17-18H,9-10H2,1-6H3. The average molecular weight is 248 g/mol. The van der Waals surface area contributed by atoms with Gasteiger partial charge in [-0.05, 0) is 52.7 Å². The lowest BCUT2D eigenvalue weighted by Crippen LogP contribution is -2.40. The Labute approximate surface area is 112 Å². The van der Waals surface area contributed by atoms with Gasteiger partial charge in [-0.15, -0.1) is 0 Å². The minimum atomic E-state index is 0.199. The molecule has 0 bridgehead atoms. The van der Waals surface area contributed by atoms with Gasteiger partial charge in [0.25, 0.3) is 0 Å². The summed E-state index contributed by atoms with van der Waals surface area (Å²) in [5, 5.41) is 7.06. The zero-order valence-electron chi connectivity index (χ0n) is 12.7. The lowest BCUT2D eigenvalue weighted by Gasteiger charge is -2.22. The van der Waals surface area contributed by atoms with E-state index in [-0.39, 0.29) is 5.54 Å². The smallest absolute Gasteiger partial charge is 0.0294 e. The Morgan fingerprint density at radius 1 is 1.11 bits per heavy atom. The van der Waals surface area contributed by atoms with Crippen molar-refractivity contribution >= 4 is 0 Å². The maximum Gasteiger partial charge on any atom is 0.0294 e. The van der Waals surface area contributed by atoms with E-state index in [1.807, 2.05) is 0 Å². The molecule has 0 saturated carbocycles. The summed E-state index contributed by atoms with van der Waals surface area (Å²) in [6, 6.07) is 7.08. The monoisotopic (exact) mass is 248 g/mol. The number of hydrogen-bond acceptors (Lipinski definition) is 2. The molecular weight excluding hydrogens is 220 g/mol. The van der Waals surface area contributed by atoms with Gasteiger partial charge in [0, 0.05) is 24.7 Å². The third-order valence-corrected chi connectivity index (χ3v) is 3.12. The maximum absolute atomic E-state index is 3.57. The molecule has 102 valence electrons. The summed E-state index contributed by atoms with van der Waals surface area (Å²) in [6.45, 7) is 15.1. The van der Waals surface area contributed by atoms with Crippen LogP contribution < -0.4 is 10.6 Å². The lowest BCUT2D eigenvalue weighted by molar-refractivity contribution is 0.414. The second-order valence-electron chi connectivity index (χ2n) is 6.21. The fourth-order valence-electron chi connectivity index (χ4n) is 2.15. The number of aryl methyl sites for hydroxylation is 2. The van der Waals surface area contributed by atoms with Crippen molar-refractivity contribution in [3.63, 3.8) is 0 Å². The van der Waals surface area contributed by atoms with Crippen molar-refractivity contribution in [1.82, 2.24) is 10.6 Å². The van der Waals surface area contributed by atoms with Crippen LogP contribution in [0.5, 0.6) is 0 Å². The van der Waals surface area contributed by atoms with Crippen LogP contribution in [0, 0.1) is 13.8 Å². The summed E-state index contributed by atoms with van der Waals surface area (Å²) in [4.78, 5) is 0. The van der Waals surface area contributed by atoms with Crippen molar-refractivity contribution in [2.75, 3.05) is 13.1 Å². The molecule has 2 N–H and O–H groups in total. The Morgan fingerprint density at radius 2 is 1.78 bits per heavy atom. The third kappa shape index (κ3) is 5.19. The molecule has 0 radical (unpaired) electrons. The molecule has 0 aliphatic heterocycles. The van der Waals surface area contributed by atoms with E-state index in [1.54, 1.807) is 0 Å². The highest BCUT2D eigenvalue weighted by molar-refractivity contribution is 5.32. The van der Waals surface area contributed by atoms with Crippen LogP contribution in [-0.2, 0) is 0 Å². The van der Waals surface area contributed by atoms with E-state index in [1.165, 1.54) is 16.7 Å². The van der Waals surface area contributed by atoms with Gasteiger partial charge in [0.05, 0.1) is 0 Å². The average Bonchev–Trinajstić information content (AvgIpc) is 2.22. The van der Waals surface area contributed by atoms with Crippen LogP contribution >= 0.6 is 0 Å². The van der Waals surface area contributed by atoms with Crippen molar-refractivity contribution in [2.45, 2.75) is 53.1 Å². The molecule has 1 rings (SSSR count). The summed E-state index contributed by atoms with van der Waals surface area (Å²) in [5.41, 5.74) is 4.30. The van der Waals surface area contributed by atoms with Crippen LogP contribution in [0.15, 0.2) is 18.2 Å². The first kappa shape index (κ1) is 15.2. The van der Waals surface area contributed by atoms with Crippen molar-refractivity contribution in [3.05, 3.63) is 34.9 Å². The van der Waals surface area contributed by atoms with Gasteiger partial charge < -0.3 is 10.6 Å². The van der Waals surface area contributed by atoms with Crippen LogP contribution in [0.3, 0.4) is 0 Å². The Kier molecular flexibility index (Phi) is 5.36. The Balaban J connectivity index is 2.43. The molecule has 2 nitrogen and oxygen atoms in total. The predicted octanol–water partition coefficient (Wildman–Crippen LogP) is 3.34. The molecule has 0 fully saturated rings. The first-order chi connectivity index (χ1) is 8.29. The zero-order valence-corrected chi connectivity index (χ0v) is 12.7. The van der Waals surface area contributed by atoms with E-state index in [0.717, 1.165) is 13.1 Å². The van der Waals surface area contributed by atoms with Crippen LogP contribution in [0.4, 0.5) is 0 Å². The van der Waals surface area contributed by atoms with Gasteiger partial charge in [0.1, 0.15) is 0 Å². The summed E-state index contributed by atoms with van der Waals surface area (Å²) < 4.78 is 0. The van der Waals surface area contributed by atoms with E-state index >= 15 is 0 Å². The lowest BCUT2D eigenvalue weighted by atomic mass is 10.0. The Hall–Kier alpha value is -0.860. The second kappa shape index (κ2) is 6.35. The first-order valence-corrected chi connectivity index (χ1v) is 6.85. The zero-order chi connectivity index (χ0) is 13.8. The van der Waals surface area contributed by atoms with Crippen LogP contribution in [-0.4, -0.2) is 18.6 Å². The van der Waals surface area contributed by atoms with Crippen molar-refractivity contribution in [3.8, 4) is 0 Å². The molecule has 0 aliphatic rings. The molecule has 0 saturated heterocycles. The molecular formula is C16H28N2. The Bertz CT molecular complexity index is 377. The number of rotatable bonds is 5.